The molecule has 1 aliphatic heterocycles. The highest BCUT2D eigenvalue weighted by Crippen LogP contribution is 2.17. The number of benzene rings is 1. The molecule has 0 radical (unpaired) electrons. The quantitative estimate of drug-likeness (QED) is 0.672. The van der Waals surface area contributed by atoms with Gasteiger partial charge in [-0.2, -0.15) is 0 Å². The van der Waals surface area contributed by atoms with Gasteiger partial charge in [0.15, 0.2) is 0 Å². The van der Waals surface area contributed by atoms with Crippen LogP contribution in [-0.2, 0) is 22.6 Å². The van der Waals surface area contributed by atoms with Crippen LogP contribution in [0.2, 0.25) is 0 Å². The van der Waals surface area contributed by atoms with Crippen LogP contribution >= 0.6 is 0 Å². The summed E-state index contributed by atoms with van der Waals surface area (Å²) in [6, 6.07) is 13.1. The first-order chi connectivity index (χ1) is 14.2. The van der Waals surface area contributed by atoms with Gasteiger partial charge in [0.05, 0.1) is 19.1 Å². The molecule has 1 aromatic heterocycles. The zero-order valence-corrected chi connectivity index (χ0v) is 16.8. The summed E-state index contributed by atoms with van der Waals surface area (Å²) < 4.78 is 5.48. The molecule has 7 nitrogen and oxygen atoms in total. The molecule has 0 unspecified atom stereocenters. The highest BCUT2D eigenvalue weighted by Gasteiger charge is 2.31. The summed E-state index contributed by atoms with van der Waals surface area (Å²) in [5.74, 6) is 0.609. The number of nitrogens with zero attached hydrogens (tertiary/aromatic N) is 2. The van der Waals surface area contributed by atoms with Gasteiger partial charge in [-0.1, -0.05) is 18.2 Å². The average Bonchev–Trinajstić information content (AvgIpc) is 2.73. The Kier molecular flexibility index (Phi) is 7.58. The molecule has 3 rings (SSSR count). The fraction of sp³-hybridized carbons (Fsp3) is 0.409. The Morgan fingerprint density at radius 1 is 1.28 bits per heavy atom. The maximum absolute atomic E-state index is 12.4. The highest BCUT2D eigenvalue weighted by atomic mass is 16.5. The predicted molar refractivity (Wildman–Crippen MR) is 110 cm³/mol. The summed E-state index contributed by atoms with van der Waals surface area (Å²) in [5, 5.41) is 5.77. The van der Waals surface area contributed by atoms with Crippen LogP contribution in [0.25, 0.3) is 0 Å². The van der Waals surface area contributed by atoms with Gasteiger partial charge < -0.3 is 15.4 Å². The molecular formula is C22H28N4O3. The molecule has 2 N–H and O–H groups in total. The minimum absolute atomic E-state index is 0.0953. The van der Waals surface area contributed by atoms with Crippen LogP contribution in [0.3, 0.4) is 0 Å². The zero-order chi connectivity index (χ0) is 20.5. The number of pyridine rings is 1. The van der Waals surface area contributed by atoms with Crippen molar-refractivity contribution in [3.63, 3.8) is 0 Å². The van der Waals surface area contributed by atoms with Crippen molar-refractivity contribution in [3.05, 3.63) is 59.9 Å². The molecule has 0 bridgehead atoms. The van der Waals surface area contributed by atoms with E-state index in [2.05, 4.69) is 20.5 Å². The number of aromatic nitrogens is 1. The van der Waals surface area contributed by atoms with Crippen LogP contribution in [0, 0.1) is 0 Å². The average molecular weight is 396 g/mol. The largest absolute Gasteiger partial charge is 0.494 e. The predicted octanol–water partition coefficient (Wildman–Crippen LogP) is 1.53. The second-order valence-corrected chi connectivity index (χ2v) is 6.98. The summed E-state index contributed by atoms with van der Waals surface area (Å²) >= 11 is 0. The molecule has 1 aliphatic rings. The lowest BCUT2D eigenvalue weighted by molar-refractivity contribution is -0.134. The number of ether oxygens (including phenoxy) is 1. The van der Waals surface area contributed by atoms with Crippen molar-refractivity contribution in [2.75, 3.05) is 26.2 Å². The van der Waals surface area contributed by atoms with Crippen molar-refractivity contribution >= 4 is 11.8 Å². The van der Waals surface area contributed by atoms with Gasteiger partial charge >= 0.3 is 0 Å². The SMILES string of the molecule is CCOc1ccc(CN2CCNC(=O)[C@@H]2CC(=O)NCCc2ccccn2)cc1. The Labute approximate surface area is 171 Å². The molecule has 0 aliphatic carbocycles. The van der Waals surface area contributed by atoms with Crippen molar-refractivity contribution in [2.24, 2.45) is 0 Å². The topological polar surface area (TPSA) is 83.6 Å². The first-order valence-electron chi connectivity index (χ1n) is 10.1. The Bertz CT molecular complexity index is 795. The number of hydrogen-bond donors (Lipinski definition) is 2. The highest BCUT2D eigenvalue weighted by molar-refractivity contribution is 5.88. The normalized spacial score (nSPS) is 16.9. The lowest BCUT2D eigenvalue weighted by Gasteiger charge is -2.34. The molecule has 0 spiro atoms. The number of hydrogen-bond acceptors (Lipinski definition) is 5. The van der Waals surface area contributed by atoms with Gasteiger partial charge in [-0.05, 0) is 36.8 Å². The van der Waals surface area contributed by atoms with E-state index < -0.39 is 6.04 Å². The third-order valence-electron chi connectivity index (χ3n) is 4.87. The van der Waals surface area contributed by atoms with Crippen molar-refractivity contribution in [2.45, 2.75) is 32.4 Å². The molecule has 29 heavy (non-hydrogen) atoms. The molecule has 2 aromatic rings. The molecule has 1 atom stereocenters. The lowest BCUT2D eigenvalue weighted by Crippen LogP contribution is -2.56. The molecule has 1 fully saturated rings. The van der Waals surface area contributed by atoms with Crippen molar-refractivity contribution in [1.29, 1.82) is 0 Å². The standard InChI is InChI=1S/C22H28N4O3/c1-2-29-19-8-6-17(7-9-19)16-26-14-13-25-22(28)20(26)15-21(27)24-12-10-18-5-3-4-11-23-18/h3-9,11,20H,2,10,12-16H2,1H3,(H,24,27)(H,25,28)/t20-/m0/s1. The fourth-order valence-corrected chi connectivity index (χ4v) is 3.39. The van der Waals surface area contributed by atoms with Gasteiger partial charge in [0.1, 0.15) is 5.75 Å². The fourth-order valence-electron chi connectivity index (χ4n) is 3.39. The Balaban J connectivity index is 1.53. The number of amides is 2. The first kappa shape index (κ1) is 20.8. The van der Waals surface area contributed by atoms with E-state index >= 15 is 0 Å². The molecule has 2 heterocycles. The van der Waals surface area contributed by atoms with Crippen LogP contribution in [0.4, 0.5) is 0 Å². The molecule has 0 saturated carbocycles. The summed E-state index contributed by atoms with van der Waals surface area (Å²) in [4.78, 5) is 31.1. The Hall–Kier alpha value is -2.93. The van der Waals surface area contributed by atoms with E-state index in [4.69, 9.17) is 4.74 Å². The molecule has 154 valence electrons. The summed E-state index contributed by atoms with van der Waals surface area (Å²) in [6.45, 7) is 5.00. The second-order valence-electron chi connectivity index (χ2n) is 6.98. The third kappa shape index (κ3) is 6.29. The van der Waals surface area contributed by atoms with Gasteiger partial charge in [-0.25, -0.2) is 0 Å². The van der Waals surface area contributed by atoms with Crippen LogP contribution in [-0.4, -0.2) is 54.0 Å². The van der Waals surface area contributed by atoms with Crippen LogP contribution in [0.15, 0.2) is 48.7 Å². The number of carbonyl (C=O) groups excluding carboxylic acids is 2. The molecular weight excluding hydrogens is 368 g/mol. The van der Waals surface area contributed by atoms with Gasteiger partial charge in [-0.15, -0.1) is 0 Å². The maximum Gasteiger partial charge on any atom is 0.237 e. The van der Waals surface area contributed by atoms with Gasteiger partial charge in [-0.3, -0.25) is 19.5 Å². The summed E-state index contributed by atoms with van der Waals surface area (Å²) in [6.07, 6.45) is 2.55. The first-order valence-corrected chi connectivity index (χ1v) is 10.1. The van der Waals surface area contributed by atoms with E-state index in [0.717, 1.165) is 17.0 Å². The van der Waals surface area contributed by atoms with Crippen molar-refractivity contribution < 1.29 is 14.3 Å². The Morgan fingerprint density at radius 3 is 2.83 bits per heavy atom. The van der Waals surface area contributed by atoms with Crippen molar-refractivity contribution in [3.8, 4) is 5.75 Å². The number of piperazine rings is 1. The van der Waals surface area contributed by atoms with Crippen molar-refractivity contribution in [1.82, 2.24) is 20.5 Å². The van der Waals surface area contributed by atoms with E-state index in [1.165, 1.54) is 0 Å². The molecule has 1 saturated heterocycles. The second kappa shape index (κ2) is 10.6. The minimum Gasteiger partial charge on any atom is -0.494 e. The summed E-state index contributed by atoms with van der Waals surface area (Å²) in [7, 11) is 0. The van der Waals surface area contributed by atoms with E-state index in [9.17, 15) is 9.59 Å². The number of rotatable bonds is 9. The molecule has 2 amide bonds. The van der Waals surface area contributed by atoms with E-state index in [0.29, 0.717) is 39.2 Å². The monoisotopic (exact) mass is 396 g/mol. The van der Waals surface area contributed by atoms with Crippen LogP contribution in [0.1, 0.15) is 24.6 Å². The number of nitrogens with one attached hydrogen (secondary N) is 2. The Morgan fingerprint density at radius 2 is 2.10 bits per heavy atom. The van der Waals surface area contributed by atoms with Crippen LogP contribution in [0.5, 0.6) is 5.75 Å². The van der Waals surface area contributed by atoms with E-state index in [1.807, 2.05) is 49.4 Å². The minimum atomic E-state index is -0.467. The number of carbonyl (C=O) groups is 2. The van der Waals surface area contributed by atoms with E-state index in [-0.39, 0.29) is 18.2 Å². The van der Waals surface area contributed by atoms with Crippen LogP contribution < -0.4 is 15.4 Å². The zero-order valence-electron chi connectivity index (χ0n) is 16.8. The van der Waals surface area contributed by atoms with Gasteiger partial charge in [0.2, 0.25) is 11.8 Å². The van der Waals surface area contributed by atoms with Gasteiger partial charge in [0.25, 0.3) is 0 Å². The smallest absolute Gasteiger partial charge is 0.237 e. The lowest BCUT2D eigenvalue weighted by atomic mass is 10.1. The molecule has 7 heteroatoms. The maximum atomic E-state index is 12.4. The van der Waals surface area contributed by atoms with E-state index in [1.54, 1.807) is 6.20 Å². The molecule has 1 aromatic carbocycles. The third-order valence-corrected chi connectivity index (χ3v) is 4.87. The summed E-state index contributed by atoms with van der Waals surface area (Å²) in [5.41, 5.74) is 2.02. The van der Waals surface area contributed by atoms with Gasteiger partial charge in [0, 0.05) is 44.5 Å².